The van der Waals surface area contributed by atoms with Gasteiger partial charge < -0.3 is 19.9 Å². The minimum absolute atomic E-state index is 0.173. The molecule has 19 heavy (non-hydrogen) atoms. The fourth-order valence-electron chi connectivity index (χ4n) is 2.01. The zero-order valence-electron chi connectivity index (χ0n) is 10.1. The van der Waals surface area contributed by atoms with E-state index in [2.05, 4.69) is 4.98 Å². The quantitative estimate of drug-likeness (QED) is 0.673. The second kappa shape index (κ2) is 4.57. The maximum atomic E-state index is 9.70. The van der Waals surface area contributed by atoms with E-state index < -0.39 is 0 Å². The van der Waals surface area contributed by atoms with Crippen LogP contribution in [0.1, 0.15) is 5.69 Å². The molecule has 3 rings (SSSR count). The Hall–Kier alpha value is -2.62. The first-order chi connectivity index (χ1) is 9.22. The third-order valence-corrected chi connectivity index (χ3v) is 2.90. The van der Waals surface area contributed by atoms with Crippen molar-refractivity contribution in [3.05, 3.63) is 54.2 Å². The second-order valence-electron chi connectivity index (χ2n) is 4.32. The normalized spacial score (nSPS) is 10.7. The van der Waals surface area contributed by atoms with Crippen LogP contribution < -0.4 is 4.74 Å². The van der Waals surface area contributed by atoms with Gasteiger partial charge in [-0.1, -0.05) is 18.2 Å². The van der Waals surface area contributed by atoms with Crippen molar-refractivity contribution in [2.45, 2.75) is 6.61 Å². The van der Waals surface area contributed by atoms with Crippen molar-refractivity contribution >= 4 is 10.9 Å². The van der Waals surface area contributed by atoms with Gasteiger partial charge in [0.25, 0.3) is 0 Å². The van der Waals surface area contributed by atoms with Crippen molar-refractivity contribution in [1.82, 2.24) is 4.98 Å². The lowest BCUT2D eigenvalue weighted by Gasteiger charge is -2.04. The van der Waals surface area contributed by atoms with E-state index >= 15 is 0 Å². The van der Waals surface area contributed by atoms with Crippen molar-refractivity contribution < 1.29 is 14.9 Å². The number of benzene rings is 2. The molecule has 0 spiro atoms. The summed E-state index contributed by atoms with van der Waals surface area (Å²) in [5, 5.41) is 20.0. The summed E-state index contributed by atoms with van der Waals surface area (Å²) in [5.41, 5.74) is 1.57. The van der Waals surface area contributed by atoms with Gasteiger partial charge in [-0.3, -0.25) is 0 Å². The Balaban J connectivity index is 1.80. The largest absolute Gasteiger partial charge is 0.508 e. The molecule has 0 bridgehead atoms. The predicted octanol–water partition coefficient (Wildman–Crippen LogP) is 3.16. The summed E-state index contributed by atoms with van der Waals surface area (Å²) in [6.45, 7) is 0.345. The summed E-state index contributed by atoms with van der Waals surface area (Å²) >= 11 is 0. The standard InChI is InChI=1S/C15H13NO3/c17-12-4-2-5-13(8-12)19-9-11-7-10-3-1-6-14(18)15(10)16-11/h1-8,16-18H,9H2. The molecule has 3 N–H and O–H groups in total. The Morgan fingerprint density at radius 2 is 1.84 bits per heavy atom. The number of aromatic amines is 1. The molecular weight excluding hydrogens is 242 g/mol. The fourth-order valence-corrected chi connectivity index (χ4v) is 2.01. The number of H-pyrrole nitrogens is 1. The lowest BCUT2D eigenvalue weighted by Crippen LogP contribution is -1.95. The van der Waals surface area contributed by atoms with Crippen LogP contribution in [0.5, 0.6) is 17.2 Å². The van der Waals surface area contributed by atoms with Crippen LogP contribution in [-0.2, 0) is 6.61 Å². The van der Waals surface area contributed by atoms with E-state index in [0.717, 1.165) is 11.1 Å². The van der Waals surface area contributed by atoms with Gasteiger partial charge in [-0.05, 0) is 24.3 Å². The number of hydrogen-bond acceptors (Lipinski definition) is 3. The van der Waals surface area contributed by atoms with Gasteiger partial charge in [0, 0.05) is 11.5 Å². The van der Waals surface area contributed by atoms with Crippen LogP contribution in [0, 0.1) is 0 Å². The number of phenolic OH excluding ortho intramolecular Hbond substituents is 2. The molecule has 2 aromatic carbocycles. The first kappa shape index (κ1) is 11.5. The van der Waals surface area contributed by atoms with E-state index in [1.165, 1.54) is 0 Å². The monoisotopic (exact) mass is 255 g/mol. The van der Waals surface area contributed by atoms with Crippen molar-refractivity contribution in [3.63, 3.8) is 0 Å². The average Bonchev–Trinajstić information content (AvgIpc) is 2.81. The summed E-state index contributed by atoms with van der Waals surface area (Å²) in [7, 11) is 0. The first-order valence-electron chi connectivity index (χ1n) is 5.94. The second-order valence-corrected chi connectivity index (χ2v) is 4.32. The van der Waals surface area contributed by atoms with E-state index in [-0.39, 0.29) is 11.5 Å². The van der Waals surface area contributed by atoms with Gasteiger partial charge in [0.2, 0.25) is 0 Å². The Bertz CT molecular complexity index is 718. The van der Waals surface area contributed by atoms with Gasteiger partial charge in [0.15, 0.2) is 0 Å². The van der Waals surface area contributed by atoms with Crippen LogP contribution in [0.3, 0.4) is 0 Å². The third kappa shape index (κ3) is 2.33. The number of phenols is 2. The van der Waals surface area contributed by atoms with Crippen LogP contribution in [0.2, 0.25) is 0 Å². The summed E-state index contributed by atoms with van der Waals surface area (Å²) in [4.78, 5) is 3.11. The molecule has 0 fully saturated rings. The highest BCUT2D eigenvalue weighted by Gasteiger charge is 2.05. The molecule has 0 atom stereocenters. The number of rotatable bonds is 3. The molecule has 0 aliphatic carbocycles. The van der Waals surface area contributed by atoms with Crippen LogP contribution in [0.15, 0.2) is 48.5 Å². The molecule has 0 amide bonds. The Labute approximate surface area is 109 Å². The van der Waals surface area contributed by atoms with Crippen molar-refractivity contribution in [3.8, 4) is 17.2 Å². The van der Waals surface area contributed by atoms with Crippen molar-refractivity contribution in [2.24, 2.45) is 0 Å². The molecule has 96 valence electrons. The molecule has 1 aromatic heterocycles. The van der Waals surface area contributed by atoms with E-state index in [9.17, 15) is 10.2 Å². The number of fused-ring (bicyclic) bond motifs is 1. The summed E-state index contributed by atoms with van der Waals surface area (Å²) < 4.78 is 5.57. The van der Waals surface area contributed by atoms with E-state index in [0.29, 0.717) is 17.9 Å². The molecular formula is C15H13NO3. The lowest BCUT2D eigenvalue weighted by atomic mass is 10.2. The molecule has 0 saturated heterocycles. The molecule has 4 heteroatoms. The SMILES string of the molecule is Oc1cccc(OCc2cc3cccc(O)c3[nH]2)c1. The zero-order chi connectivity index (χ0) is 13.2. The minimum atomic E-state index is 0.173. The summed E-state index contributed by atoms with van der Waals surface area (Å²) in [6, 6.07) is 13.9. The topological polar surface area (TPSA) is 65.5 Å². The predicted molar refractivity (Wildman–Crippen MR) is 72.4 cm³/mol. The highest BCUT2D eigenvalue weighted by molar-refractivity contribution is 5.85. The highest BCUT2D eigenvalue weighted by atomic mass is 16.5. The number of nitrogens with one attached hydrogen (secondary N) is 1. The van der Waals surface area contributed by atoms with E-state index in [1.807, 2.05) is 12.1 Å². The van der Waals surface area contributed by atoms with Crippen molar-refractivity contribution in [2.75, 3.05) is 0 Å². The number of aromatic nitrogens is 1. The van der Waals surface area contributed by atoms with Crippen LogP contribution in [-0.4, -0.2) is 15.2 Å². The van der Waals surface area contributed by atoms with Gasteiger partial charge in [-0.15, -0.1) is 0 Å². The fraction of sp³-hybridized carbons (Fsp3) is 0.0667. The minimum Gasteiger partial charge on any atom is -0.508 e. The lowest BCUT2D eigenvalue weighted by molar-refractivity contribution is 0.300. The zero-order valence-corrected chi connectivity index (χ0v) is 10.1. The van der Waals surface area contributed by atoms with Crippen LogP contribution in [0.4, 0.5) is 0 Å². The summed E-state index contributed by atoms with van der Waals surface area (Å²) in [6.07, 6.45) is 0. The van der Waals surface area contributed by atoms with E-state index in [1.54, 1.807) is 36.4 Å². The number of para-hydroxylation sites is 1. The van der Waals surface area contributed by atoms with Crippen molar-refractivity contribution in [1.29, 1.82) is 0 Å². The summed E-state index contributed by atoms with van der Waals surface area (Å²) in [5.74, 6) is 0.996. The maximum absolute atomic E-state index is 9.70. The Morgan fingerprint density at radius 3 is 2.63 bits per heavy atom. The molecule has 0 unspecified atom stereocenters. The third-order valence-electron chi connectivity index (χ3n) is 2.90. The molecule has 0 aliphatic rings. The number of aromatic hydroxyl groups is 2. The number of hydrogen-bond donors (Lipinski definition) is 3. The van der Waals surface area contributed by atoms with Gasteiger partial charge in [0.05, 0.1) is 11.2 Å². The Morgan fingerprint density at radius 1 is 1.00 bits per heavy atom. The number of ether oxygens (including phenoxy) is 1. The molecule has 0 aliphatic heterocycles. The smallest absolute Gasteiger partial charge is 0.139 e. The first-order valence-corrected chi connectivity index (χ1v) is 5.94. The molecule has 3 aromatic rings. The molecule has 0 radical (unpaired) electrons. The van der Waals surface area contributed by atoms with Gasteiger partial charge in [-0.25, -0.2) is 0 Å². The Kier molecular flexibility index (Phi) is 2.76. The van der Waals surface area contributed by atoms with Gasteiger partial charge in [-0.2, -0.15) is 0 Å². The molecule has 0 saturated carbocycles. The molecule has 4 nitrogen and oxygen atoms in total. The average molecular weight is 255 g/mol. The molecule has 1 heterocycles. The maximum Gasteiger partial charge on any atom is 0.139 e. The van der Waals surface area contributed by atoms with Crippen LogP contribution >= 0.6 is 0 Å². The van der Waals surface area contributed by atoms with Gasteiger partial charge >= 0.3 is 0 Å². The van der Waals surface area contributed by atoms with E-state index in [4.69, 9.17) is 4.74 Å². The highest BCUT2D eigenvalue weighted by Crippen LogP contribution is 2.25. The van der Waals surface area contributed by atoms with Crippen LogP contribution in [0.25, 0.3) is 10.9 Å². The van der Waals surface area contributed by atoms with Gasteiger partial charge in [0.1, 0.15) is 23.9 Å².